The molecule has 1 aliphatic heterocycles. The Morgan fingerprint density at radius 2 is 1.78 bits per heavy atom. The number of hydrogen-bond donors (Lipinski definition) is 0. The standard InChI is InChI=1S/C19H15F2NO5/c1-22-15-7-4-12(8-13(15)9-17(22)24)16(23)10-26-18(25)11-2-5-14(6-3-11)27-19(20)21/h2-8,19H,9-10H2,1H3. The molecule has 0 fully saturated rings. The van der Waals surface area contributed by atoms with Crippen LogP contribution in [0.4, 0.5) is 14.5 Å². The fourth-order valence-corrected chi connectivity index (χ4v) is 2.71. The predicted molar refractivity (Wildman–Crippen MR) is 91.2 cm³/mol. The molecular formula is C19H15F2NO5. The number of benzene rings is 2. The summed E-state index contributed by atoms with van der Waals surface area (Å²) in [5, 5.41) is 0. The Morgan fingerprint density at radius 3 is 2.44 bits per heavy atom. The maximum atomic E-state index is 12.2. The van der Waals surface area contributed by atoms with Crippen LogP contribution in [0.25, 0.3) is 0 Å². The summed E-state index contributed by atoms with van der Waals surface area (Å²) in [5.74, 6) is -1.32. The molecule has 2 aromatic rings. The Labute approximate surface area is 153 Å². The second kappa shape index (κ2) is 7.53. The Morgan fingerprint density at radius 1 is 1.11 bits per heavy atom. The highest BCUT2D eigenvalue weighted by atomic mass is 19.3. The Bertz CT molecular complexity index is 895. The summed E-state index contributed by atoms with van der Waals surface area (Å²) in [6, 6.07) is 9.81. The highest BCUT2D eigenvalue weighted by Crippen LogP contribution is 2.28. The van der Waals surface area contributed by atoms with E-state index in [0.29, 0.717) is 5.56 Å². The monoisotopic (exact) mass is 375 g/mol. The smallest absolute Gasteiger partial charge is 0.387 e. The van der Waals surface area contributed by atoms with Crippen LogP contribution in [0, 0.1) is 0 Å². The minimum absolute atomic E-state index is 0.0553. The number of hydrogen-bond acceptors (Lipinski definition) is 5. The van der Waals surface area contributed by atoms with Gasteiger partial charge >= 0.3 is 12.6 Å². The molecule has 140 valence electrons. The molecular weight excluding hydrogens is 360 g/mol. The lowest BCUT2D eigenvalue weighted by molar-refractivity contribution is -0.117. The third kappa shape index (κ3) is 4.11. The van der Waals surface area contributed by atoms with E-state index in [2.05, 4.69) is 4.74 Å². The molecule has 0 aromatic heterocycles. The number of alkyl halides is 2. The number of ketones is 1. The van der Waals surface area contributed by atoms with Gasteiger partial charge in [0, 0.05) is 18.3 Å². The maximum absolute atomic E-state index is 12.2. The van der Waals surface area contributed by atoms with Crippen LogP contribution < -0.4 is 9.64 Å². The zero-order valence-corrected chi connectivity index (χ0v) is 14.3. The van der Waals surface area contributed by atoms with Crippen molar-refractivity contribution in [3.05, 3.63) is 59.2 Å². The molecule has 0 unspecified atom stereocenters. The van der Waals surface area contributed by atoms with Gasteiger partial charge in [0.1, 0.15) is 5.75 Å². The molecule has 0 radical (unpaired) electrons. The minimum Gasteiger partial charge on any atom is -0.454 e. The van der Waals surface area contributed by atoms with Crippen molar-refractivity contribution in [3.63, 3.8) is 0 Å². The van der Waals surface area contributed by atoms with Crippen LogP contribution in [0.3, 0.4) is 0 Å². The first-order valence-electron chi connectivity index (χ1n) is 8.00. The molecule has 0 bridgehead atoms. The Kier molecular flexibility index (Phi) is 5.16. The van der Waals surface area contributed by atoms with Crippen LogP contribution >= 0.6 is 0 Å². The van der Waals surface area contributed by atoms with Crippen LogP contribution in [-0.4, -0.2) is 37.9 Å². The zero-order valence-electron chi connectivity index (χ0n) is 14.3. The average molecular weight is 375 g/mol. The fourth-order valence-electron chi connectivity index (χ4n) is 2.71. The second-order valence-corrected chi connectivity index (χ2v) is 5.88. The number of carbonyl (C=O) groups excluding carboxylic acids is 3. The Hall–Kier alpha value is -3.29. The van der Waals surface area contributed by atoms with Crippen LogP contribution in [-0.2, 0) is 16.0 Å². The lowest BCUT2D eigenvalue weighted by Crippen LogP contribution is -2.20. The number of rotatable bonds is 6. The number of amides is 1. The first-order chi connectivity index (χ1) is 12.8. The second-order valence-electron chi connectivity index (χ2n) is 5.88. The number of nitrogens with zero attached hydrogens (tertiary/aromatic N) is 1. The number of anilines is 1. The minimum atomic E-state index is -2.96. The normalized spacial score (nSPS) is 12.9. The number of likely N-dealkylation sites (N-methyl/N-ethyl adjacent to an activating group) is 1. The van der Waals surface area contributed by atoms with Crippen LogP contribution in [0.2, 0.25) is 0 Å². The molecule has 8 heteroatoms. The van der Waals surface area contributed by atoms with Crippen LogP contribution in [0.5, 0.6) is 5.75 Å². The third-order valence-corrected chi connectivity index (χ3v) is 4.13. The van der Waals surface area contributed by atoms with Gasteiger partial charge in [-0.15, -0.1) is 0 Å². The predicted octanol–water partition coefficient (Wildman–Crippen LogP) is 2.85. The Balaban J connectivity index is 1.60. The van der Waals surface area contributed by atoms with Crippen molar-refractivity contribution in [2.24, 2.45) is 0 Å². The van der Waals surface area contributed by atoms with E-state index in [1.165, 1.54) is 29.2 Å². The van der Waals surface area contributed by atoms with Crippen molar-refractivity contribution in [2.45, 2.75) is 13.0 Å². The lowest BCUT2D eigenvalue weighted by Gasteiger charge is -2.10. The van der Waals surface area contributed by atoms with Crippen LogP contribution in [0.1, 0.15) is 26.3 Å². The first-order valence-corrected chi connectivity index (χ1v) is 8.00. The average Bonchev–Trinajstić information content (AvgIpc) is 2.93. The van der Waals surface area contributed by atoms with E-state index in [1.807, 2.05) is 0 Å². The molecule has 0 atom stereocenters. The largest absolute Gasteiger partial charge is 0.454 e. The molecule has 0 aliphatic carbocycles. The topological polar surface area (TPSA) is 72.9 Å². The highest BCUT2D eigenvalue weighted by Gasteiger charge is 2.25. The molecule has 1 heterocycles. The van der Waals surface area contributed by atoms with E-state index in [9.17, 15) is 23.2 Å². The van der Waals surface area contributed by atoms with Crippen molar-refractivity contribution in [2.75, 3.05) is 18.6 Å². The number of carbonyl (C=O) groups is 3. The third-order valence-electron chi connectivity index (χ3n) is 4.13. The van der Waals surface area contributed by atoms with Gasteiger partial charge in [-0.05, 0) is 48.0 Å². The quantitative estimate of drug-likeness (QED) is 0.573. The molecule has 1 aliphatic rings. The van der Waals surface area contributed by atoms with Gasteiger partial charge in [0.2, 0.25) is 5.91 Å². The van der Waals surface area contributed by atoms with Crippen molar-refractivity contribution >= 4 is 23.3 Å². The molecule has 1 amide bonds. The molecule has 3 rings (SSSR count). The fraction of sp³-hybridized carbons (Fsp3) is 0.211. The van der Waals surface area contributed by atoms with E-state index in [1.54, 1.807) is 25.2 Å². The maximum Gasteiger partial charge on any atom is 0.387 e. The van der Waals surface area contributed by atoms with Gasteiger partial charge in [0.25, 0.3) is 0 Å². The molecule has 27 heavy (non-hydrogen) atoms. The van der Waals surface area contributed by atoms with Gasteiger partial charge in [-0.25, -0.2) is 4.79 Å². The number of esters is 1. The molecule has 6 nitrogen and oxygen atoms in total. The van der Waals surface area contributed by atoms with Gasteiger partial charge in [0.15, 0.2) is 12.4 Å². The summed E-state index contributed by atoms with van der Waals surface area (Å²) < 4.78 is 33.4. The molecule has 0 spiro atoms. The van der Waals surface area contributed by atoms with E-state index in [-0.39, 0.29) is 23.6 Å². The van der Waals surface area contributed by atoms with Crippen molar-refractivity contribution < 1.29 is 32.6 Å². The van der Waals surface area contributed by atoms with Gasteiger partial charge < -0.3 is 14.4 Å². The lowest BCUT2D eigenvalue weighted by atomic mass is 10.1. The van der Waals surface area contributed by atoms with Crippen molar-refractivity contribution in [1.82, 2.24) is 0 Å². The number of fused-ring (bicyclic) bond motifs is 1. The summed E-state index contributed by atoms with van der Waals surface area (Å²) in [7, 11) is 1.66. The summed E-state index contributed by atoms with van der Waals surface area (Å²) in [6.07, 6.45) is 0.222. The molecule has 0 saturated heterocycles. The summed E-state index contributed by atoms with van der Waals surface area (Å²) in [4.78, 5) is 37.4. The van der Waals surface area contributed by atoms with E-state index < -0.39 is 25.0 Å². The first kappa shape index (κ1) is 18.5. The van der Waals surface area contributed by atoms with E-state index >= 15 is 0 Å². The zero-order chi connectivity index (χ0) is 19.6. The summed E-state index contributed by atoms with van der Waals surface area (Å²) in [6.45, 7) is -3.43. The number of Topliss-reactive ketones (excluding diaryl/α,β-unsaturated/α-hetero) is 1. The highest BCUT2D eigenvalue weighted by molar-refractivity contribution is 6.04. The van der Waals surface area contributed by atoms with E-state index in [0.717, 1.165) is 11.3 Å². The van der Waals surface area contributed by atoms with Crippen molar-refractivity contribution in [3.8, 4) is 5.75 Å². The van der Waals surface area contributed by atoms with Gasteiger partial charge in [-0.1, -0.05) is 0 Å². The van der Waals surface area contributed by atoms with Gasteiger partial charge in [-0.3, -0.25) is 9.59 Å². The number of halogens is 2. The SMILES string of the molecule is CN1C(=O)Cc2cc(C(=O)COC(=O)c3ccc(OC(F)F)cc3)ccc21. The van der Waals surface area contributed by atoms with Gasteiger partial charge in [0.05, 0.1) is 12.0 Å². The molecule has 0 saturated carbocycles. The van der Waals surface area contributed by atoms with Gasteiger partial charge in [-0.2, -0.15) is 8.78 Å². The summed E-state index contributed by atoms with van der Waals surface area (Å²) in [5.41, 5.74) is 1.94. The van der Waals surface area contributed by atoms with E-state index in [4.69, 9.17) is 4.74 Å². The number of ether oxygens (including phenoxy) is 2. The summed E-state index contributed by atoms with van der Waals surface area (Å²) >= 11 is 0. The van der Waals surface area contributed by atoms with Crippen LogP contribution in [0.15, 0.2) is 42.5 Å². The van der Waals surface area contributed by atoms with Crippen molar-refractivity contribution in [1.29, 1.82) is 0 Å². The molecule has 2 aromatic carbocycles. The molecule has 0 N–H and O–H groups in total.